The van der Waals surface area contributed by atoms with E-state index in [1.807, 2.05) is 11.8 Å². The zero-order valence-electron chi connectivity index (χ0n) is 14.8. The molecule has 1 aromatic carbocycles. The molecule has 0 unspecified atom stereocenters. The van der Waals surface area contributed by atoms with Crippen LogP contribution in [-0.4, -0.2) is 42.8 Å². The molecular formula is C19H29BrN2O2. The highest BCUT2D eigenvalue weighted by atomic mass is 79.9. The SMILES string of the molecule is CCCC1(NCCc2ccc(Br)cc2)CCN(C(=O)OCC)CC1. The quantitative estimate of drug-likeness (QED) is 0.743. The van der Waals surface area contributed by atoms with Gasteiger partial charge in [0.1, 0.15) is 0 Å². The molecule has 4 nitrogen and oxygen atoms in total. The molecule has 0 radical (unpaired) electrons. The maximum absolute atomic E-state index is 11.9. The maximum atomic E-state index is 11.9. The highest BCUT2D eigenvalue weighted by Crippen LogP contribution is 2.27. The van der Waals surface area contributed by atoms with Crippen molar-refractivity contribution in [3.05, 3.63) is 34.3 Å². The first-order valence-corrected chi connectivity index (χ1v) is 9.79. The van der Waals surface area contributed by atoms with Crippen LogP contribution in [0, 0.1) is 0 Å². The van der Waals surface area contributed by atoms with Crippen LogP contribution in [0.15, 0.2) is 28.7 Å². The molecule has 1 aliphatic rings. The molecule has 1 aliphatic heterocycles. The van der Waals surface area contributed by atoms with Crippen LogP contribution in [0.4, 0.5) is 4.79 Å². The van der Waals surface area contributed by atoms with Crippen LogP contribution in [-0.2, 0) is 11.2 Å². The van der Waals surface area contributed by atoms with Gasteiger partial charge in [0.2, 0.25) is 0 Å². The van der Waals surface area contributed by atoms with Crippen LogP contribution in [0.2, 0.25) is 0 Å². The van der Waals surface area contributed by atoms with Gasteiger partial charge in [-0.2, -0.15) is 0 Å². The van der Waals surface area contributed by atoms with Crippen LogP contribution >= 0.6 is 15.9 Å². The number of likely N-dealkylation sites (tertiary alicyclic amines) is 1. The van der Waals surface area contributed by atoms with E-state index in [-0.39, 0.29) is 11.6 Å². The van der Waals surface area contributed by atoms with Crippen LogP contribution in [0.5, 0.6) is 0 Å². The molecule has 1 amide bonds. The van der Waals surface area contributed by atoms with Gasteiger partial charge in [0.15, 0.2) is 0 Å². The average Bonchev–Trinajstić information content (AvgIpc) is 2.58. The molecule has 5 heteroatoms. The summed E-state index contributed by atoms with van der Waals surface area (Å²) in [5, 5.41) is 3.80. The lowest BCUT2D eigenvalue weighted by atomic mass is 9.83. The molecule has 134 valence electrons. The number of rotatable bonds is 7. The van der Waals surface area contributed by atoms with Crippen LogP contribution in [0.25, 0.3) is 0 Å². The molecule has 2 rings (SSSR count). The molecule has 1 heterocycles. The van der Waals surface area contributed by atoms with Crippen LogP contribution in [0.3, 0.4) is 0 Å². The zero-order valence-corrected chi connectivity index (χ0v) is 16.4. The van der Waals surface area contributed by atoms with E-state index in [9.17, 15) is 4.79 Å². The summed E-state index contributed by atoms with van der Waals surface area (Å²) in [5.41, 5.74) is 1.51. The van der Waals surface area contributed by atoms with Gasteiger partial charge in [-0.15, -0.1) is 0 Å². The van der Waals surface area contributed by atoms with E-state index in [0.29, 0.717) is 6.61 Å². The van der Waals surface area contributed by atoms with Gasteiger partial charge in [0.25, 0.3) is 0 Å². The van der Waals surface area contributed by atoms with Crippen molar-refractivity contribution in [2.24, 2.45) is 0 Å². The summed E-state index contributed by atoms with van der Waals surface area (Å²) >= 11 is 3.48. The Morgan fingerprint density at radius 3 is 2.50 bits per heavy atom. The Bertz CT molecular complexity index is 511. The Labute approximate surface area is 154 Å². The fraction of sp³-hybridized carbons (Fsp3) is 0.632. The summed E-state index contributed by atoms with van der Waals surface area (Å²) in [4.78, 5) is 13.7. The van der Waals surface area contributed by atoms with Crippen LogP contribution in [0.1, 0.15) is 45.1 Å². The first-order valence-electron chi connectivity index (χ1n) is 9.00. The van der Waals surface area contributed by atoms with Gasteiger partial charge in [-0.05, 0) is 56.8 Å². The van der Waals surface area contributed by atoms with Gasteiger partial charge >= 0.3 is 6.09 Å². The number of halogens is 1. The van der Waals surface area contributed by atoms with E-state index in [0.717, 1.165) is 56.2 Å². The highest BCUT2D eigenvalue weighted by molar-refractivity contribution is 9.10. The Kier molecular flexibility index (Phi) is 7.56. The summed E-state index contributed by atoms with van der Waals surface area (Å²) in [6.45, 7) is 7.07. The van der Waals surface area contributed by atoms with Gasteiger partial charge < -0.3 is 15.0 Å². The fourth-order valence-corrected chi connectivity index (χ4v) is 3.71. The predicted octanol–water partition coefficient (Wildman–Crippen LogP) is 4.37. The number of carbonyl (C=O) groups excluding carboxylic acids is 1. The third-order valence-electron chi connectivity index (χ3n) is 4.80. The number of carbonyl (C=O) groups is 1. The Hall–Kier alpha value is -1.07. The lowest BCUT2D eigenvalue weighted by molar-refractivity contribution is 0.0782. The fourth-order valence-electron chi connectivity index (χ4n) is 3.45. The van der Waals surface area contributed by atoms with Crippen LogP contribution < -0.4 is 5.32 Å². The number of nitrogens with zero attached hydrogens (tertiary/aromatic N) is 1. The second-order valence-electron chi connectivity index (χ2n) is 6.52. The van der Waals surface area contributed by atoms with Gasteiger partial charge in [0, 0.05) is 23.1 Å². The molecule has 0 spiro atoms. The molecule has 1 aromatic rings. The van der Waals surface area contributed by atoms with E-state index in [1.165, 1.54) is 5.56 Å². The molecule has 1 N–H and O–H groups in total. The molecule has 0 aliphatic carbocycles. The maximum Gasteiger partial charge on any atom is 0.409 e. The number of ether oxygens (including phenoxy) is 1. The van der Waals surface area contributed by atoms with Gasteiger partial charge in [-0.1, -0.05) is 41.4 Å². The normalized spacial score (nSPS) is 16.9. The van der Waals surface area contributed by atoms with Crippen molar-refractivity contribution in [2.45, 2.75) is 51.5 Å². The topological polar surface area (TPSA) is 41.6 Å². The largest absolute Gasteiger partial charge is 0.450 e. The van der Waals surface area contributed by atoms with Gasteiger partial charge in [-0.25, -0.2) is 4.79 Å². The Morgan fingerprint density at radius 1 is 1.25 bits per heavy atom. The molecule has 0 saturated carbocycles. The van der Waals surface area contributed by atoms with E-state index >= 15 is 0 Å². The van der Waals surface area contributed by atoms with Crippen molar-refractivity contribution in [1.82, 2.24) is 10.2 Å². The molecule has 24 heavy (non-hydrogen) atoms. The predicted molar refractivity (Wildman–Crippen MR) is 101 cm³/mol. The lowest BCUT2D eigenvalue weighted by Gasteiger charge is -2.42. The number of benzene rings is 1. The third kappa shape index (κ3) is 5.49. The third-order valence-corrected chi connectivity index (χ3v) is 5.33. The molecule has 1 fully saturated rings. The van der Waals surface area contributed by atoms with Crippen molar-refractivity contribution in [2.75, 3.05) is 26.2 Å². The second kappa shape index (κ2) is 9.42. The van der Waals surface area contributed by atoms with Crippen molar-refractivity contribution >= 4 is 22.0 Å². The lowest BCUT2D eigenvalue weighted by Crippen LogP contribution is -2.54. The second-order valence-corrected chi connectivity index (χ2v) is 7.44. The summed E-state index contributed by atoms with van der Waals surface area (Å²) in [7, 11) is 0. The Morgan fingerprint density at radius 2 is 1.92 bits per heavy atom. The van der Waals surface area contributed by atoms with Gasteiger partial charge in [-0.3, -0.25) is 0 Å². The zero-order chi connectivity index (χ0) is 17.4. The summed E-state index contributed by atoms with van der Waals surface area (Å²) in [5.74, 6) is 0. The molecule has 1 saturated heterocycles. The first kappa shape index (κ1) is 19.3. The number of hydrogen-bond donors (Lipinski definition) is 1. The summed E-state index contributed by atoms with van der Waals surface area (Å²) < 4.78 is 6.24. The van der Waals surface area contributed by atoms with Gasteiger partial charge in [0.05, 0.1) is 6.61 Å². The van der Waals surface area contributed by atoms with Crippen molar-refractivity contribution in [3.8, 4) is 0 Å². The van der Waals surface area contributed by atoms with E-state index in [1.54, 1.807) is 0 Å². The summed E-state index contributed by atoms with van der Waals surface area (Å²) in [6, 6.07) is 8.52. The van der Waals surface area contributed by atoms with Crippen molar-refractivity contribution in [1.29, 1.82) is 0 Å². The number of nitrogens with one attached hydrogen (secondary N) is 1. The number of piperidine rings is 1. The molecule has 0 aromatic heterocycles. The minimum atomic E-state index is -0.169. The molecule has 0 bridgehead atoms. The van der Waals surface area contributed by atoms with E-state index < -0.39 is 0 Å². The number of hydrogen-bond acceptors (Lipinski definition) is 3. The molecular weight excluding hydrogens is 368 g/mol. The minimum Gasteiger partial charge on any atom is -0.450 e. The van der Waals surface area contributed by atoms with Crippen molar-refractivity contribution in [3.63, 3.8) is 0 Å². The number of amides is 1. The molecule has 0 atom stereocenters. The Balaban J connectivity index is 1.85. The van der Waals surface area contributed by atoms with E-state index in [2.05, 4.69) is 52.4 Å². The highest BCUT2D eigenvalue weighted by Gasteiger charge is 2.34. The van der Waals surface area contributed by atoms with E-state index in [4.69, 9.17) is 4.74 Å². The standard InChI is InChI=1S/C19H29BrN2O2/c1-3-10-19(11-14-22(15-12-19)18(23)24-4-2)21-13-9-16-5-7-17(20)8-6-16/h5-8,21H,3-4,9-15H2,1-2H3. The minimum absolute atomic E-state index is 0.160. The summed E-state index contributed by atoms with van der Waals surface area (Å²) in [6.07, 6.45) is 5.17. The monoisotopic (exact) mass is 396 g/mol. The van der Waals surface area contributed by atoms with Crippen molar-refractivity contribution < 1.29 is 9.53 Å². The smallest absolute Gasteiger partial charge is 0.409 e. The first-order chi connectivity index (χ1) is 11.6. The average molecular weight is 397 g/mol.